The molecule has 5 fully saturated rings. The van der Waals surface area contributed by atoms with E-state index in [-0.39, 0.29) is 58.2 Å². The van der Waals surface area contributed by atoms with Crippen LogP contribution in [0.25, 0.3) is 0 Å². The van der Waals surface area contributed by atoms with E-state index in [4.69, 9.17) is 20.9 Å². The molecule has 0 aromatic heterocycles. The van der Waals surface area contributed by atoms with Crippen molar-refractivity contribution >= 4 is 11.9 Å². The molecule has 40 heavy (non-hydrogen) atoms. The van der Waals surface area contributed by atoms with Crippen molar-refractivity contribution in [1.29, 1.82) is 0 Å². The highest BCUT2D eigenvalue weighted by Gasteiger charge is 2.71. The van der Waals surface area contributed by atoms with Crippen molar-refractivity contribution in [3.63, 3.8) is 0 Å². The first-order valence-corrected chi connectivity index (χ1v) is 16.1. The predicted octanol–water partition coefficient (Wildman–Crippen LogP) is 6.02. The Balaban J connectivity index is 1.47. The third kappa shape index (κ3) is 4.16. The van der Waals surface area contributed by atoms with E-state index in [1.807, 2.05) is 0 Å². The molecule has 0 spiro atoms. The molecule has 0 saturated heterocycles. The fraction of sp³-hybridized carbons (Fsp3) is 0.882. The second kappa shape index (κ2) is 10.1. The van der Waals surface area contributed by atoms with E-state index in [1.165, 1.54) is 37.7 Å². The van der Waals surface area contributed by atoms with Gasteiger partial charge in [-0.2, -0.15) is 0 Å². The lowest BCUT2D eigenvalue weighted by molar-refractivity contribution is -0.252. The van der Waals surface area contributed by atoms with E-state index in [1.54, 1.807) is 0 Å². The Labute approximate surface area is 242 Å². The van der Waals surface area contributed by atoms with Crippen LogP contribution in [0.5, 0.6) is 0 Å². The molecule has 6 nitrogen and oxygen atoms in total. The number of hydrogen-bond acceptors (Lipinski definition) is 6. The van der Waals surface area contributed by atoms with E-state index >= 15 is 0 Å². The van der Waals surface area contributed by atoms with Crippen LogP contribution in [-0.2, 0) is 19.1 Å². The van der Waals surface area contributed by atoms with Gasteiger partial charge in [0.1, 0.15) is 6.10 Å². The number of rotatable bonds is 6. The summed E-state index contributed by atoms with van der Waals surface area (Å²) < 4.78 is 11.8. The number of ether oxygens (including phenoxy) is 2. The quantitative estimate of drug-likeness (QED) is 0.306. The topological polar surface area (TPSA) is 105 Å². The second-order valence-corrected chi connectivity index (χ2v) is 16.0. The molecule has 4 N–H and O–H groups in total. The average molecular weight is 557 g/mol. The van der Waals surface area contributed by atoms with E-state index in [2.05, 4.69) is 48.1 Å². The van der Waals surface area contributed by atoms with E-state index in [0.29, 0.717) is 36.2 Å². The molecule has 5 aliphatic rings. The van der Waals surface area contributed by atoms with Crippen LogP contribution in [0.2, 0.25) is 0 Å². The first-order chi connectivity index (χ1) is 18.7. The van der Waals surface area contributed by atoms with Gasteiger partial charge in [0.25, 0.3) is 0 Å². The van der Waals surface area contributed by atoms with Crippen molar-refractivity contribution in [2.75, 3.05) is 19.7 Å². The number of hydrogen-bond donors (Lipinski definition) is 2. The molecule has 226 valence electrons. The highest BCUT2D eigenvalue weighted by atomic mass is 16.5. The van der Waals surface area contributed by atoms with Crippen LogP contribution < -0.4 is 11.5 Å². The van der Waals surface area contributed by atoms with Crippen molar-refractivity contribution < 1.29 is 19.1 Å². The highest BCUT2D eigenvalue weighted by molar-refractivity contribution is 5.71. The van der Waals surface area contributed by atoms with Gasteiger partial charge in [-0.15, -0.1) is 0 Å². The number of fused-ring (bicyclic) bond motifs is 7. The molecule has 0 aromatic carbocycles. The lowest BCUT2D eigenvalue weighted by atomic mass is 9.32. The van der Waals surface area contributed by atoms with Crippen LogP contribution in [0.4, 0.5) is 0 Å². The van der Waals surface area contributed by atoms with Crippen LogP contribution in [0.3, 0.4) is 0 Å². The summed E-state index contributed by atoms with van der Waals surface area (Å²) in [5.74, 6) is 2.24. The summed E-state index contributed by atoms with van der Waals surface area (Å²) in [6.07, 6.45) is 11.5. The number of carbonyl (C=O) groups is 2. The monoisotopic (exact) mass is 556 g/mol. The molecule has 5 rings (SSSR count). The zero-order chi connectivity index (χ0) is 29.3. The van der Waals surface area contributed by atoms with E-state index < -0.39 is 0 Å². The minimum absolute atomic E-state index is 0.0474. The van der Waals surface area contributed by atoms with Crippen molar-refractivity contribution in [2.45, 2.75) is 112 Å². The van der Waals surface area contributed by atoms with Crippen molar-refractivity contribution in [3.05, 3.63) is 12.2 Å². The number of allylic oxidation sites excluding steroid dienone is 1. The minimum atomic E-state index is -0.280. The van der Waals surface area contributed by atoms with E-state index in [0.717, 1.165) is 32.1 Å². The van der Waals surface area contributed by atoms with Gasteiger partial charge in [0.2, 0.25) is 0 Å². The Morgan fingerprint density at radius 1 is 0.800 bits per heavy atom. The Morgan fingerprint density at radius 3 is 2.15 bits per heavy atom. The van der Waals surface area contributed by atoms with Gasteiger partial charge in [0.15, 0.2) is 0 Å². The van der Waals surface area contributed by atoms with Crippen LogP contribution in [0.15, 0.2) is 12.2 Å². The summed E-state index contributed by atoms with van der Waals surface area (Å²) in [5, 5.41) is 0. The Kier molecular flexibility index (Phi) is 7.60. The van der Waals surface area contributed by atoms with E-state index in [9.17, 15) is 9.59 Å². The molecule has 10 atom stereocenters. The summed E-state index contributed by atoms with van der Waals surface area (Å²) in [7, 11) is 0. The van der Waals surface area contributed by atoms with Crippen molar-refractivity contribution in [1.82, 2.24) is 0 Å². The average Bonchev–Trinajstić information content (AvgIpc) is 3.29. The Bertz CT molecular complexity index is 1040. The molecular formula is C34H56N2O4. The van der Waals surface area contributed by atoms with Crippen molar-refractivity contribution in [2.24, 2.45) is 68.1 Å². The van der Waals surface area contributed by atoms with Gasteiger partial charge >= 0.3 is 11.9 Å². The van der Waals surface area contributed by atoms with Crippen LogP contribution in [0, 0.1) is 56.7 Å². The number of esters is 2. The molecular weight excluding hydrogens is 500 g/mol. The molecule has 0 aliphatic heterocycles. The summed E-state index contributed by atoms with van der Waals surface area (Å²) in [4.78, 5) is 24.4. The van der Waals surface area contributed by atoms with Crippen LogP contribution in [0.1, 0.15) is 106 Å². The Morgan fingerprint density at radius 2 is 1.50 bits per heavy atom. The maximum atomic E-state index is 12.2. The molecule has 0 heterocycles. The second-order valence-electron chi connectivity index (χ2n) is 16.0. The molecule has 7 unspecified atom stereocenters. The molecule has 0 bridgehead atoms. The summed E-state index contributed by atoms with van der Waals surface area (Å²) in [6.45, 7) is 19.7. The largest absolute Gasteiger partial charge is 0.464 e. The standard InChI is InChI=1S/C34H56N2O4/c1-21(2)22-10-15-34(20-39-27(37)18-35)17-16-32(6)23(29(22)34)8-9-25-31(5)13-12-26(40-28(38)19-36)30(3,4)24(31)11-14-33(25,32)7/h22-26,29H,1,8-20,35-36H2,2-7H3/t22?,23?,24?,25?,26?,29?,31-,32+,33+,34?/m0/s1. The molecule has 0 aromatic rings. The molecule has 0 radical (unpaired) electrons. The zero-order valence-electron chi connectivity index (χ0n) is 26.2. The van der Waals surface area contributed by atoms with Crippen molar-refractivity contribution in [3.8, 4) is 0 Å². The van der Waals surface area contributed by atoms with Gasteiger partial charge in [-0.1, -0.05) is 46.8 Å². The SMILES string of the molecule is C=C(C)C1CCC2(COC(=O)CN)CC[C@]3(C)C(CCC4[C@@]5(C)CCC(OC(=O)CN)C(C)(C)C5CC[C@]43C)C12. The summed E-state index contributed by atoms with van der Waals surface area (Å²) >= 11 is 0. The maximum absolute atomic E-state index is 12.2. The zero-order valence-corrected chi connectivity index (χ0v) is 26.2. The first kappa shape index (κ1) is 30.1. The number of nitrogens with two attached hydrogens (primary N) is 2. The van der Waals surface area contributed by atoms with Crippen LogP contribution >= 0.6 is 0 Å². The number of carbonyl (C=O) groups excluding carboxylic acids is 2. The predicted molar refractivity (Wildman–Crippen MR) is 158 cm³/mol. The lowest BCUT2D eigenvalue weighted by Crippen LogP contribution is -2.67. The summed E-state index contributed by atoms with van der Waals surface area (Å²) in [6, 6.07) is 0. The minimum Gasteiger partial charge on any atom is -0.464 e. The first-order valence-electron chi connectivity index (χ1n) is 16.1. The third-order valence-electron chi connectivity index (χ3n) is 14.3. The fourth-order valence-corrected chi connectivity index (χ4v) is 12.2. The molecule has 0 amide bonds. The highest BCUT2D eigenvalue weighted by Crippen LogP contribution is 2.77. The van der Waals surface area contributed by atoms with Gasteiger partial charge in [0.05, 0.1) is 19.7 Å². The summed E-state index contributed by atoms with van der Waals surface area (Å²) in [5.41, 5.74) is 13.2. The van der Waals surface area contributed by atoms with Gasteiger partial charge in [-0.3, -0.25) is 9.59 Å². The lowest BCUT2D eigenvalue weighted by Gasteiger charge is -2.73. The fourth-order valence-electron chi connectivity index (χ4n) is 12.2. The smallest absolute Gasteiger partial charge is 0.319 e. The van der Waals surface area contributed by atoms with Gasteiger partial charge in [-0.25, -0.2) is 0 Å². The molecule has 5 aliphatic carbocycles. The normalized spacial score (nSPS) is 47.2. The molecule has 6 heteroatoms. The van der Waals surface area contributed by atoms with Crippen LogP contribution in [-0.4, -0.2) is 37.7 Å². The molecule has 5 saturated carbocycles. The van der Waals surface area contributed by atoms with Gasteiger partial charge in [0, 0.05) is 10.8 Å². The maximum Gasteiger partial charge on any atom is 0.319 e. The van der Waals surface area contributed by atoms with Gasteiger partial charge in [-0.05, 0) is 117 Å². The Hall–Kier alpha value is -1.40. The van der Waals surface area contributed by atoms with Gasteiger partial charge < -0.3 is 20.9 Å². The third-order valence-corrected chi connectivity index (χ3v) is 14.3.